The lowest BCUT2D eigenvalue weighted by Gasteiger charge is -2.29. The maximum absolute atomic E-state index is 12.9. The number of benzene rings is 2. The minimum atomic E-state index is -0.320. The van der Waals surface area contributed by atoms with Gasteiger partial charge in [-0.15, -0.1) is 0 Å². The first-order valence-electron chi connectivity index (χ1n) is 7.86. The molecule has 24 heavy (non-hydrogen) atoms. The zero-order valence-corrected chi connectivity index (χ0v) is 14.3. The molecule has 2 unspecified atom stereocenters. The fourth-order valence-electron chi connectivity index (χ4n) is 3.43. The van der Waals surface area contributed by atoms with Crippen molar-refractivity contribution in [1.29, 1.82) is 0 Å². The first-order valence-corrected chi connectivity index (χ1v) is 8.27. The van der Waals surface area contributed by atoms with Crippen LogP contribution in [0.4, 0.5) is 5.69 Å². The Labute approximate surface area is 146 Å². The summed E-state index contributed by atoms with van der Waals surface area (Å²) in [5.74, 6) is -0.208. The number of ketones is 1. The van der Waals surface area contributed by atoms with Gasteiger partial charge in [0.1, 0.15) is 0 Å². The lowest BCUT2D eigenvalue weighted by Crippen LogP contribution is -2.41. The molecule has 4 rings (SSSR count). The molecule has 2 aromatic carbocycles. The number of carbonyl (C=O) groups excluding carboxylic acids is 1. The van der Waals surface area contributed by atoms with Crippen LogP contribution in [0, 0.1) is 5.92 Å². The number of nitrogens with zero attached hydrogens (tertiary/aromatic N) is 2. The highest BCUT2D eigenvalue weighted by molar-refractivity contribution is 7.80. The maximum Gasteiger partial charge on any atom is 0.193 e. The van der Waals surface area contributed by atoms with Crippen LogP contribution in [-0.4, -0.2) is 30.7 Å². The average Bonchev–Trinajstić information content (AvgIpc) is 2.87. The number of fused-ring (bicyclic) bond motifs is 3. The van der Waals surface area contributed by atoms with Crippen molar-refractivity contribution in [2.45, 2.75) is 6.04 Å². The normalized spacial score (nSPS) is 21.7. The lowest BCUT2D eigenvalue weighted by molar-refractivity contribution is 0.0944. The zero-order chi connectivity index (χ0) is 16.8. The summed E-state index contributed by atoms with van der Waals surface area (Å²) in [6.45, 7) is 0. The topological polar surface area (TPSA) is 44.7 Å². The average molecular weight is 335 g/mol. The summed E-state index contributed by atoms with van der Waals surface area (Å²) < 4.78 is 0. The van der Waals surface area contributed by atoms with Gasteiger partial charge >= 0.3 is 0 Å². The van der Waals surface area contributed by atoms with E-state index in [2.05, 4.69) is 34.6 Å². The molecule has 0 aromatic heterocycles. The number of rotatable bonds is 2. The van der Waals surface area contributed by atoms with Crippen molar-refractivity contribution in [2.75, 3.05) is 19.0 Å². The highest BCUT2D eigenvalue weighted by Crippen LogP contribution is 2.38. The van der Waals surface area contributed by atoms with Gasteiger partial charge in [0.2, 0.25) is 0 Å². The van der Waals surface area contributed by atoms with E-state index in [4.69, 9.17) is 12.2 Å². The van der Waals surface area contributed by atoms with Gasteiger partial charge in [0.15, 0.2) is 10.9 Å². The second kappa shape index (κ2) is 5.53. The van der Waals surface area contributed by atoms with Gasteiger partial charge in [-0.2, -0.15) is 0 Å². The van der Waals surface area contributed by atoms with Gasteiger partial charge in [-0.3, -0.25) is 4.79 Å². The van der Waals surface area contributed by atoms with Gasteiger partial charge in [0.05, 0.1) is 17.7 Å². The summed E-state index contributed by atoms with van der Waals surface area (Å²) in [6.07, 6.45) is 0. The number of carbonyl (C=O) groups is 1. The Hall–Kier alpha value is -2.53. The summed E-state index contributed by atoms with van der Waals surface area (Å²) in [7, 11) is 4.01. The Morgan fingerprint density at radius 3 is 2.38 bits per heavy atom. The van der Waals surface area contributed by atoms with Gasteiger partial charge in [0.25, 0.3) is 0 Å². The van der Waals surface area contributed by atoms with Crippen LogP contribution in [0.1, 0.15) is 27.5 Å². The van der Waals surface area contributed by atoms with Crippen LogP contribution in [0.25, 0.3) is 0 Å². The van der Waals surface area contributed by atoms with E-state index in [-0.39, 0.29) is 17.7 Å². The molecule has 120 valence electrons. The fourth-order valence-corrected chi connectivity index (χ4v) is 3.66. The van der Waals surface area contributed by atoms with Crippen molar-refractivity contribution in [2.24, 2.45) is 10.9 Å². The van der Waals surface area contributed by atoms with Crippen LogP contribution in [0.15, 0.2) is 53.5 Å². The molecule has 0 radical (unpaired) electrons. The molecule has 1 heterocycles. The van der Waals surface area contributed by atoms with E-state index < -0.39 is 0 Å². The van der Waals surface area contributed by atoms with Gasteiger partial charge in [0, 0.05) is 30.9 Å². The molecule has 0 saturated heterocycles. The van der Waals surface area contributed by atoms with Crippen molar-refractivity contribution in [3.05, 3.63) is 65.2 Å². The number of anilines is 1. The molecule has 2 atom stereocenters. The Balaban J connectivity index is 1.78. The highest BCUT2D eigenvalue weighted by atomic mass is 32.1. The maximum atomic E-state index is 12.9. The first kappa shape index (κ1) is 15.0. The molecule has 0 fully saturated rings. The van der Waals surface area contributed by atoms with E-state index in [0.717, 1.165) is 28.1 Å². The molecule has 2 aromatic rings. The molecular weight excluding hydrogens is 318 g/mol. The molecule has 1 aliphatic heterocycles. The third kappa shape index (κ3) is 2.24. The number of hydrogen-bond donors (Lipinski definition) is 1. The third-order valence-electron chi connectivity index (χ3n) is 4.65. The van der Waals surface area contributed by atoms with Crippen molar-refractivity contribution < 1.29 is 4.79 Å². The van der Waals surface area contributed by atoms with Crippen molar-refractivity contribution in [3.8, 4) is 0 Å². The largest absolute Gasteiger partial charge is 0.378 e. The standard InChI is InChI=1S/C19H17N3OS/c1-22(2)12-9-7-11(8-10-12)16-15-17(21-19(24)20-16)13-5-3-4-6-14(13)18(15)23/h3-10,15-16H,1-2H3,(H,20,24). The minimum Gasteiger partial charge on any atom is -0.378 e. The molecule has 5 heteroatoms. The van der Waals surface area contributed by atoms with E-state index in [0.29, 0.717) is 5.11 Å². The van der Waals surface area contributed by atoms with Crippen molar-refractivity contribution in [1.82, 2.24) is 5.32 Å². The van der Waals surface area contributed by atoms with E-state index in [1.165, 1.54) is 0 Å². The number of nitrogens with one attached hydrogen (secondary N) is 1. The van der Waals surface area contributed by atoms with Gasteiger partial charge in [-0.1, -0.05) is 36.4 Å². The molecular formula is C19H17N3OS. The molecule has 0 amide bonds. The van der Waals surface area contributed by atoms with Gasteiger partial charge in [-0.25, -0.2) is 4.99 Å². The second-order valence-corrected chi connectivity index (χ2v) is 6.68. The Bertz CT molecular complexity index is 870. The minimum absolute atomic E-state index is 0.112. The summed E-state index contributed by atoms with van der Waals surface area (Å²) in [6, 6.07) is 15.7. The zero-order valence-electron chi connectivity index (χ0n) is 13.5. The van der Waals surface area contributed by atoms with Crippen LogP contribution in [-0.2, 0) is 0 Å². The monoisotopic (exact) mass is 335 g/mol. The molecule has 0 spiro atoms. The van der Waals surface area contributed by atoms with Crippen LogP contribution in [0.3, 0.4) is 0 Å². The fraction of sp³-hybridized carbons (Fsp3) is 0.211. The van der Waals surface area contributed by atoms with Crippen LogP contribution in [0.5, 0.6) is 0 Å². The van der Waals surface area contributed by atoms with Crippen LogP contribution < -0.4 is 10.2 Å². The summed E-state index contributed by atoms with van der Waals surface area (Å²) in [5, 5.41) is 3.66. The van der Waals surface area contributed by atoms with E-state index in [1.54, 1.807) is 0 Å². The Kier molecular flexibility index (Phi) is 3.46. The first-order chi connectivity index (χ1) is 11.6. The van der Waals surface area contributed by atoms with Crippen LogP contribution >= 0.6 is 12.2 Å². The molecule has 4 nitrogen and oxygen atoms in total. The summed E-state index contributed by atoms with van der Waals surface area (Å²) in [4.78, 5) is 19.4. The summed E-state index contributed by atoms with van der Waals surface area (Å²) in [5.41, 5.74) is 4.60. The predicted octanol–water partition coefficient (Wildman–Crippen LogP) is 2.98. The third-order valence-corrected chi connectivity index (χ3v) is 4.86. The van der Waals surface area contributed by atoms with Gasteiger partial charge < -0.3 is 10.2 Å². The quantitative estimate of drug-likeness (QED) is 0.857. The van der Waals surface area contributed by atoms with Crippen LogP contribution in [0.2, 0.25) is 0 Å². The molecule has 2 aliphatic rings. The Morgan fingerprint density at radius 2 is 1.71 bits per heavy atom. The Morgan fingerprint density at radius 1 is 1.04 bits per heavy atom. The van der Waals surface area contributed by atoms with Crippen molar-refractivity contribution in [3.63, 3.8) is 0 Å². The summed E-state index contributed by atoms with van der Waals surface area (Å²) >= 11 is 5.32. The van der Waals surface area contributed by atoms with Crippen molar-refractivity contribution >= 4 is 34.5 Å². The van der Waals surface area contributed by atoms with Gasteiger partial charge in [-0.05, 0) is 29.9 Å². The number of aliphatic imine (C=N–C) groups is 1. The lowest BCUT2D eigenvalue weighted by atomic mass is 9.87. The number of hydrogen-bond acceptors (Lipinski definition) is 3. The molecule has 0 saturated carbocycles. The molecule has 0 bridgehead atoms. The van der Waals surface area contributed by atoms with E-state index in [1.807, 2.05) is 43.3 Å². The number of thiocarbonyl (C=S) groups is 1. The number of Topliss-reactive ketones (excluding diaryl/α,β-unsaturated/α-hetero) is 1. The smallest absolute Gasteiger partial charge is 0.193 e. The molecule has 1 N–H and O–H groups in total. The van der Waals surface area contributed by atoms with E-state index in [9.17, 15) is 4.79 Å². The highest BCUT2D eigenvalue weighted by Gasteiger charge is 2.44. The molecule has 1 aliphatic carbocycles. The second-order valence-electron chi connectivity index (χ2n) is 6.30. The predicted molar refractivity (Wildman–Crippen MR) is 100 cm³/mol. The SMILES string of the molecule is CN(C)c1ccc(C2NC(=S)N=C3c4ccccc4C(=O)C32)cc1. The van der Waals surface area contributed by atoms with E-state index >= 15 is 0 Å².